The number of para-hydroxylation sites is 2. The number of nitrogens with zero attached hydrogens (tertiary/aromatic N) is 1. The maximum atomic E-state index is 14.4. The first-order valence-electron chi connectivity index (χ1n) is 17.1. The van der Waals surface area contributed by atoms with Crippen LogP contribution < -0.4 is 26.0 Å². The molecule has 1 aromatic heterocycles. The highest BCUT2D eigenvalue weighted by Crippen LogP contribution is 2.18. The lowest BCUT2D eigenvalue weighted by Gasteiger charge is -2.32. The number of aromatic amines is 1. The number of methoxy groups -OCH3 is 1. The number of hydrogen-bond acceptors (Lipinski definition) is 8. The van der Waals surface area contributed by atoms with Crippen molar-refractivity contribution in [1.29, 1.82) is 0 Å². The molecule has 0 bridgehead atoms. The number of alkyl carbamates (subject to hydrolysis) is 1. The number of imidazole rings is 1. The first kappa shape index (κ1) is 37.5. The van der Waals surface area contributed by atoms with Crippen molar-refractivity contribution in [3.8, 4) is 5.75 Å². The van der Waals surface area contributed by atoms with Crippen LogP contribution in [-0.4, -0.2) is 63.9 Å². The number of rotatable bonds is 15. The molecule has 0 aliphatic rings. The van der Waals surface area contributed by atoms with Crippen LogP contribution in [0, 0.1) is 0 Å². The van der Waals surface area contributed by atoms with Crippen LogP contribution >= 0.6 is 0 Å². The lowest BCUT2D eigenvalue weighted by atomic mass is 9.95. The highest BCUT2D eigenvalue weighted by Gasteiger charge is 2.37. The zero-order valence-corrected chi connectivity index (χ0v) is 29.8. The quantitative estimate of drug-likeness (QED) is 0.0912. The van der Waals surface area contributed by atoms with E-state index < -0.39 is 47.7 Å². The van der Waals surface area contributed by atoms with E-state index >= 15 is 0 Å². The number of carbonyl (C=O) groups is 3. The Hall–Kier alpha value is -5.72. The van der Waals surface area contributed by atoms with Crippen molar-refractivity contribution in [2.45, 2.75) is 70.1 Å². The molecule has 0 fully saturated rings. The fourth-order valence-corrected chi connectivity index (χ4v) is 5.70. The number of H-pyrrole nitrogens is 1. The maximum absolute atomic E-state index is 14.4. The lowest BCUT2D eigenvalue weighted by Crippen LogP contribution is -2.60. The molecule has 1 heterocycles. The summed E-state index contributed by atoms with van der Waals surface area (Å²) in [4.78, 5) is 49.0. The average molecular weight is 707 g/mol. The summed E-state index contributed by atoms with van der Waals surface area (Å²) < 4.78 is 10.8. The molecule has 1 unspecified atom stereocenters. The van der Waals surface area contributed by atoms with Gasteiger partial charge in [0.05, 0.1) is 36.8 Å². The second-order valence-corrected chi connectivity index (χ2v) is 13.4. The summed E-state index contributed by atoms with van der Waals surface area (Å²) >= 11 is 0. The molecule has 0 aliphatic heterocycles. The molecule has 52 heavy (non-hydrogen) atoms. The molecule has 0 radical (unpaired) electrons. The molecule has 12 heteroatoms. The molecule has 0 aliphatic carbocycles. The third-order valence-electron chi connectivity index (χ3n) is 8.27. The van der Waals surface area contributed by atoms with Gasteiger partial charge in [0.15, 0.2) is 0 Å². The minimum atomic E-state index is -1.47. The number of aliphatic hydroxyl groups excluding tert-OH is 1. The number of hydrogen-bond donors (Lipinski definition) is 6. The molecule has 0 spiro atoms. The van der Waals surface area contributed by atoms with Crippen LogP contribution in [0.2, 0.25) is 0 Å². The molecule has 272 valence electrons. The van der Waals surface area contributed by atoms with E-state index in [-0.39, 0.29) is 19.5 Å². The fraction of sp³-hybridized carbons (Fsp3) is 0.300. The predicted molar refractivity (Wildman–Crippen MR) is 198 cm³/mol. The molecule has 5 aromatic rings. The number of carbonyl (C=O) groups excluding carboxylic acids is 3. The van der Waals surface area contributed by atoms with Crippen molar-refractivity contribution in [2.75, 3.05) is 7.11 Å². The van der Waals surface area contributed by atoms with Gasteiger partial charge in [0.2, 0.25) is 11.8 Å². The van der Waals surface area contributed by atoms with E-state index in [1.807, 2.05) is 72.8 Å². The van der Waals surface area contributed by atoms with E-state index in [0.717, 1.165) is 22.2 Å². The van der Waals surface area contributed by atoms with Crippen LogP contribution in [0.3, 0.4) is 0 Å². The van der Waals surface area contributed by atoms with E-state index in [2.05, 4.69) is 31.2 Å². The zero-order valence-electron chi connectivity index (χ0n) is 29.8. The molecule has 12 nitrogen and oxygen atoms in total. The van der Waals surface area contributed by atoms with Crippen molar-refractivity contribution in [3.05, 3.63) is 132 Å². The van der Waals surface area contributed by atoms with Crippen molar-refractivity contribution in [2.24, 2.45) is 0 Å². The second-order valence-electron chi connectivity index (χ2n) is 13.4. The normalized spacial score (nSPS) is 13.7. The Morgan fingerprint density at radius 3 is 2.10 bits per heavy atom. The van der Waals surface area contributed by atoms with Gasteiger partial charge in [-0.1, -0.05) is 84.9 Å². The standard InChI is InChI=1S/C40H46N6O6/c1-40(2,3)52-39(50)45-32(23-26-13-7-5-8-14-26)36(47)35(41-24-27-19-21-29(51-4)22-20-27)38(49)46-34(28-15-9-6-10-16-28)37(48)42-25-33-43-30-17-11-12-18-31(30)44-33/h5-22,32,34-36,41,47H,23-25H2,1-4H3,(H,42,48)(H,43,44)(H,45,50)(H,46,49)/t32-,34?,35+,36+/m0/s1. The average Bonchev–Trinajstić information content (AvgIpc) is 3.56. The van der Waals surface area contributed by atoms with Gasteiger partial charge in [0.25, 0.3) is 0 Å². The van der Waals surface area contributed by atoms with Gasteiger partial charge in [-0.3, -0.25) is 14.9 Å². The summed E-state index contributed by atoms with van der Waals surface area (Å²) in [5, 5.41) is 23.8. The van der Waals surface area contributed by atoms with E-state index in [1.165, 1.54) is 0 Å². The minimum absolute atomic E-state index is 0.0907. The maximum Gasteiger partial charge on any atom is 0.407 e. The monoisotopic (exact) mass is 706 g/mol. The number of ether oxygens (including phenoxy) is 2. The van der Waals surface area contributed by atoms with Crippen LogP contribution in [0.15, 0.2) is 109 Å². The van der Waals surface area contributed by atoms with Crippen LogP contribution in [0.25, 0.3) is 11.0 Å². The molecule has 5 rings (SSSR count). The van der Waals surface area contributed by atoms with Gasteiger partial charge in [0.1, 0.15) is 29.3 Å². The van der Waals surface area contributed by atoms with Gasteiger partial charge in [0, 0.05) is 6.54 Å². The van der Waals surface area contributed by atoms with Crippen LogP contribution in [0.4, 0.5) is 4.79 Å². The highest BCUT2D eigenvalue weighted by atomic mass is 16.6. The van der Waals surface area contributed by atoms with Gasteiger partial charge in [-0.15, -0.1) is 0 Å². The summed E-state index contributed by atoms with van der Waals surface area (Å²) in [6.07, 6.45) is -2.02. The first-order chi connectivity index (χ1) is 25.0. The molecule has 6 N–H and O–H groups in total. The van der Waals surface area contributed by atoms with Crippen molar-refractivity contribution < 1.29 is 29.0 Å². The van der Waals surface area contributed by atoms with E-state index in [9.17, 15) is 19.5 Å². The van der Waals surface area contributed by atoms with Gasteiger partial charge in [-0.2, -0.15) is 0 Å². The number of aromatic nitrogens is 2. The number of aliphatic hydroxyl groups is 1. The van der Waals surface area contributed by atoms with Gasteiger partial charge in [-0.05, 0) is 68.1 Å². The molecule has 0 saturated heterocycles. The Morgan fingerprint density at radius 1 is 0.788 bits per heavy atom. The lowest BCUT2D eigenvalue weighted by molar-refractivity contribution is -0.132. The smallest absolute Gasteiger partial charge is 0.407 e. The topological polar surface area (TPSA) is 167 Å². The van der Waals surface area contributed by atoms with E-state index in [1.54, 1.807) is 64.3 Å². The summed E-state index contributed by atoms with van der Waals surface area (Å²) in [5.41, 5.74) is 2.98. The number of fused-ring (bicyclic) bond motifs is 1. The Balaban J connectivity index is 1.42. The summed E-state index contributed by atoms with van der Waals surface area (Å²) in [7, 11) is 1.57. The van der Waals surface area contributed by atoms with Crippen molar-refractivity contribution >= 4 is 28.9 Å². The first-order valence-corrected chi connectivity index (χ1v) is 17.1. The van der Waals surface area contributed by atoms with Gasteiger partial charge >= 0.3 is 6.09 Å². The molecule has 4 atom stereocenters. The summed E-state index contributed by atoms with van der Waals surface area (Å²) in [6.45, 7) is 5.49. The van der Waals surface area contributed by atoms with E-state index in [4.69, 9.17) is 9.47 Å². The Morgan fingerprint density at radius 2 is 1.44 bits per heavy atom. The second kappa shape index (κ2) is 17.5. The van der Waals surface area contributed by atoms with E-state index in [0.29, 0.717) is 17.1 Å². The third-order valence-corrected chi connectivity index (χ3v) is 8.27. The predicted octanol–water partition coefficient (Wildman–Crippen LogP) is 4.70. The summed E-state index contributed by atoms with van der Waals surface area (Å²) in [5.74, 6) is 0.0926. The van der Waals surface area contributed by atoms with Crippen molar-refractivity contribution in [1.82, 2.24) is 31.2 Å². The number of nitrogens with one attached hydrogen (secondary N) is 5. The van der Waals surface area contributed by atoms with Crippen molar-refractivity contribution in [3.63, 3.8) is 0 Å². The fourth-order valence-electron chi connectivity index (χ4n) is 5.70. The molecule has 4 aromatic carbocycles. The minimum Gasteiger partial charge on any atom is -0.497 e. The molecule has 3 amide bonds. The van der Waals surface area contributed by atoms with Gasteiger partial charge < -0.3 is 35.5 Å². The van der Waals surface area contributed by atoms with Gasteiger partial charge in [-0.25, -0.2) is 9.78 Å². The zero-order chi connectivity index (χ0) is 37.1. The largest absolute Gasteiger partial charge is 0.497 e. The Kier molecular flexibility index (Phi) is 12.6. The molecular formula is C40H46N6O6. The SMILES string of the molecule is COc1ccc(CN[C@@H](C(=O)NC(C(=O)NCc2nc3ccccc3[nH]2)c2ccccc2)[C@H](O)[C@H](Cc2ccccc2)NC(=O)OC(C)(C)C)cc1. The molecular weight excluding hydrogens is 660 g/mol. The highest BCUT2D eigenvalue weighted by molar-refractivity contribution is 5.91. The van der Waals surface area contributed by atoms with Crippen LogP contribution in [0.5, 0.6) is 5.75 Å². The molecule has 0 saturated carbocycles. The Bertz CT molecular complexity index is 1880. The number of amides is 3. The van der Waals surface area contributed by atoms with Crippen LogP contribution in [0.1, 0.15) is 49.3 Å². The summed E-state index contributed by atoms with van der Waals surface area (Å²) in [6, 6.07) is 29.6. The van der Waals surface area contributed by atoms with Crippen LogP contribution in [-0.2, 0) is 33.8 Å². The number of benzene rings is 4. The third kappa shape index (κ3) is 10.6. The Labute approximate surface area is 303 Å².